The van der Waals surface area contributed by atoms with Crippen LogP contribution in [0.25, 0.3) is 11.3 Å². The van der Waals surface area contributed by atoms with Crippen LogP contribution < -0.4 is 5.56 Å². The predicted octanol–water partition coefficient (Wildman–Crippen LogP) is 3.31. The highest BCUT2D eigenvalue weighted by molar-refractivity contribution is 5.64. The van der Waals surface area contributed by atoms with E-state index in [4.69, 9.17) is 0 Å². The maximum atomic E-state index is 12.0. The normalized spacial score (nSPS) is 10.7. The fraction of sp³-hybridized carbons (Fsp3) is 0.375. The molecule has 3 heteroatoms. The van der Waals surface area contributed by atoms with Crippen molar-refractivity contribution in [2.24, 2.45) is 0 Å². The lowest BCUT2D eigenvalue weighted by atomic mass is 10.0. The minimum absolute atomic E-state index is 0.0346. The van der Waals surface area contributed by atoms with Gasteiger partial charge in [0.15, 0.2) is 0 Å². The van der Waals surface area contributed by atoms with Crippen LogP contribution in [0.2, 0.25) is 0 Å². The number of rotatable bonds is 3. The van der Waals surface area contributed by atoms with Crippen molar-refractivity contribution in [3.63, 3.8) is 0 Å². The molecule has 0 fully saturated rings. The largest absolute Gasteiger partial charge is 0.310 e. The highest BCUT2D eigenvalue weighted by Gasteiger charge is 2.10. The van der Waals surface area contributed by atoms with Gasteiger partial charge in [-0.3, -0.25) is 4.79 Å². The Bertz CT molecular complexity index is 636. The smallest absolute Gasteiger partial charge is 0.254 e. The molecule has 3 nitrogen and oxygen atoms in total. The zero-order chi connectivity index (χ0) is 14.0. The summed E-state index contributed by atoms with van der Waals surface area (Å²) in [5, 5.41) is 0. The molecule has 0 amide bonds. The quantitative estimate of drug-likeness (QED) is 0.915. The molecule has 0 atom stereocenters. The highest BCUT2D eigenvalue weighted by Crippen LogP contribution is 2.22. The molecule has 0 radical (unpaired) electrons. The van der Waals surface area contributed by atoms with Gasteiger partial charge >= 0.3 is 0 Å². The molecule has 1 aromatic carbocycles. The summed E-state index contributed by atoms with van der Waals surface area (Å²) in [4.78, 5) is 19.5. The molecule has 0 saturated heterocycles. The highest BCUT2D eigenvalue weighted by atomic mass is 16.1. The predicted molar refractivity (Wildman–Crippen MR) is 78.5 cm³/mol. The van der Waals surface area contributed by atoms with Crippen LogP contribution in [0.15, 0.2) is 23.0 Å². The Morgan fingerprint density at radius 3 is 2.32 bits per heavy atom. The number of aromatic nitrogens is 2. The maximum Gasteiger partial charge on any atom is 0.254 e. The summed E-state index contributed by atoms with van der Waals surface area (Å²) in [5.74, 6) is 0.771. The van der Waals surface area contributed by atoms with Gasteiger partial charge in [0.25, 0.3) is 5.56 Å². The lowest BCUT2D eigenvalue weighted by Crippen LogP contribution is -2.16. The van der Waals surface area contributed by atoms with E-state index in [1.165, 1.54) is 11.1 Å². The first-order chi connectivity index (χ1) is 9.01. The van der Waals surface area contributed by atoms with E-state index in [1.807, 2.05) is 6.92 Å². The zero-order valence-corrected chi connectivity index (χ0v) is 12.0. The monoisotopic (exact) mass is 256 g/mol. The van der Waals surface area contributed by atoms with E-state index in [9.17, 15) is 4.79 Å². The Kier molecular flexibility index (Phi) is 3.84. The van der Waals surface area contributed by atoms with E-state index >= 15 is 0 Å². The van der Waals surface area contributed by atoms with Crippen molar-refractivity contribution in [2.75, 3.05) is 0 Å². The van der Waals surface area contributed by atoms with Crippen LogP contribution in [0.5, 0.6) is 0 Å². The number of hydrogen-bond acceptors (Lipinski definition) is 2. The lowest BCUT2D eigenvalue weighted by molar-refractivity contribution is 0.822. The molecule has 0 spiro atoms. The van der Waals surface area contributed by atoms with E-state index in [2.05, 4.69) is 48.9 Å². The minimum Gasteiger partial charge on any atom is -0.310 e. The molecule has 0 saturated carbocycles. The van der Waals surface area contributed by atoms with Crippen LogP contribution in [-0.4, -0.2) is 9.97 Å². The maximum absolute atomic E-state index is 12.0. The molecule has 1 aromatic heterocycles. The van der Waals surface area contributed by atoms with E-state index in [0.29, 0.717) is 5.56 Å². The van der Waals surface area contributed by atoms with E-state index in [1.54, 1.807) is 0 Å². The second-order valence-corrected chi connectivity index (χ2v) is 5.11. The van der Waals surface area contributed by atoms with Crippen LogP contribution in [-0.2, 0) is 6.42 Å². The fourth-order valence-electron chi connectivity index (χ4n) is 2.33. The number of aromatic amines is 1. The molecule has 0 unspecified atom stereocenters. The third-order valence-corrected chi connectivity index (χ3v) is 3.18. The number of nitrogens with one attached hydrogen (secondary N) is 1. The molecule has 0 aliphatic carbocycles. The van der Waals surface area contributed by atoms with Crippen molar-refractivity contribution in [1.29, 1.82) is 0 Å². The van der Waals surface area contributed by atoms with Gasteiger partial charge in [-0.1, -0.05) is 24.1 Å². The van der Waals surface area contributed by atoms with Crippen molar-refractivity contribution >= 4 is 0 Å². The van der Waals surface area contributed by atoms with Crippen molar-refractivity contribution in [3.8, 4) is 11.3 Å². The summed E-state index contributed by atoms with van der Waals surface area (Å²) in [5.41, 5.74) is 4.86. The van der Waals surface area contributed by atoms with Gasteiger partial charge in [0.1, 0.15) is 5.82 Å². The Balaban J connectivity index is 2.63. The molecule has 100 valence electrons. The minimum atomic E-state index is -0.0346. The van der Waals surface area contributed by atoms with E-state index < -0.39 is 0 Å². The second kappa shape index (κ2) is 5.39. The number of aryl methyl sites for hydroxylation is 3. The van der Waals surface area contributed by atoms with Crippen LogP contribution in [0.3, 0.4) is 0 Å². The van der Waals surface area contributed by atoms with E-state index in [0.717, 1.165) is 29.9 Å². The van der Waals surface area contributed by atoms with Crippen molar-refractivity contribution < 1.29 is 0 Å². The summed E-state index contributed by atoms with van der Waals surface area (Å²) < 4.78 is 0. The Morgan fingerprint density at radius 2 is 1.74 bits per heavy atom. The molecule has 0 aliphatic rings. The van der Waals surface area contributed by atoms with E-state index in [-0.39, 0.29) is 5.56 Å². The molecule has 1 heterocycles. The Labute approximate surface area is 113 Å². The summed E-state index contributed by atoms with van der Waals surface area (Å²) in [6.45, 7) is 8.03. The Hall–Kier alpha value is -1.90. The van der Waals surface area contributed by atoms with Crippen LogP contribution in [0.4, 0.5) is 0 Å². The standard InChI is InChI=1S/C16H20N2O/c1-5-6-14-17-15(12(4)16(19)18-14)13-8-10(2)7-11(3)9-13/h7-9H,5-6H2,1-4H3,(H,17,18,19). The van der Waals surface area contributed by atoms with Gasteiger partial charge in [-0.05, 0) is 39.3 Å². The van der Waals surface area contributed by atoms with Gasteiger partial charge in [-0.25, -0.2) is 4.98 Å². The first-order valence-corrected chi connectivity index (χ1v) is 6.69. The SMILES string of the molecule is CCCc1nc(-c2cc(C)cc(C)c2)c(C)c(=O)[nH]1. The lowest BCUT2D eigenvalue weighted by Gasteiger charge is -2.09. The summed E-state index contributed by atoms with van der Waals surface area (Å²) >= 11 is 0. The third-order valence-electron chi connectivity index (χ3n) is 3.18. The average molecular weight is 256 g/mol. The van der Waals surface area contributed by atoms with Gasteiger partial charge in [-0.2, -0.15) is 0 Å². The Morgan fingerprint density at radius 1 is 1.11 bits per heavy atom. The first-order valence-electron chi connectivity index (χ1n) is 6.69. The van der Waals surface area contributed by atoms with Gasteiger partial charge < -0.3 is 4.98 Å². The van der Waals surface area contributed by atoms with Gasteiger partial charge in [-0.15, -0.1) is 0 Å². The molecule has 1 N–H and O–H groups in total. The zero-order valence-electron chi connectivity index (χ0n) is 12.0. The molecular weight excluding hydrogens is 236 g/mol. The van der Waals surface area contributed by atoms with Crippen molar-refractivity contribution in [1.82, 2.24) is 9.97 Å². The average Bonchev–Trinajstić information content (AvgIpc) is 2.32. The molecule has 19 heavy (non-hydrogen) atoms. The molecular formula is C16H20N2O. The van der Waals surface area contributed by atoms with Gasteiger partial charge in [0.05, 0.1) is 5.69 Å². The number of hydrogen-bond donors (Lipinski definition) is 1. The first kappa shape index (κ1) is 13.5. The van der Waals surface area contributed by atoms with Crippen molar-refractivity contribution in [3.05, 3.63) is 51.1 Å². The summed E-state index contributed by atoms with van der Waals surface area (Å²) in [6.07, 6.45) is 1.77. The summed E-state index contributed by atoms with van der Waals surface area (Å²) in [6, 6.07) is 6.29. The summed E-state index contributed by atoms with van der Waals surface area (Å²) in [7, 11) is 0. The number of H-pyrrole nitrogens is 1. The van der Waals surface area contributed by atoms with Crippen LogP contribution in [0, 0.1) is 20.8 Å². The molecule has 2 aromatic rings. The molecule has 0 bridgehead atoms. The van der Waals surface area contributed by atoms with Crippen molar-refractivity contribution in [2.45, 2.75) is 40.5 Å². The van der Waals surface area contributed by atoms with Gasteiger partial charge in [0.2, 0.25) is 0 Å². The fourth-order valence-corrected chi connectivity index (χ4v) is 2.33. The van der Waals surface area contributed by atoms with Gasteiger partial charge in [0, 0.05) is 17.5 Å². The molecule has 2 rings (SSSR count). The second-order valence-electron chi connectivity index (χ2n) is 5.11. The number of benzene rings is 1. The number of nitrogens with zero attached hydrogens (tertiary/aromatic N) is 1. The topological polar surface area (TPSA) is 45.8 Å². The third kappa shape index (κ3) is 2.92. The molecule has 0 aliphatic heterocycles. The van der Waals surface area contributed by atoms with Crippen LogP contribution >= 0.6 is 0 Å². The van der Waals surface area contributed by atoms with Crippen LogP contribution in [0.1, 0.15) is 35.9 Å².